The second-order valence-electron chi connectivity index (χ2n) is 11.2. The zero-order valence-electron chi connectivity index (χ0n) is 21.5. The molecule has 8 heteroatoms. The molecule has 2 aromatic rings. The first-order valence-corrected chi connectivity index (χ1v) is 13.3. The van der Waals surface area contributed by atoms with Gasteiger partial charge in [0, 0.05) is 24.0 Å². The highest BCUT2D eigenvalue weighted by atomic mass is 19.1. The first kappa shape index (κ1) is 26.2. The number of amides is 1. The lowest BCUT2D eigenvalue weighted by molar-refractivity contribution is 0.1000. The molecule has 1 aromatic heterocycles. The number of hydrogen-bond acceptors (Lipinski definition) is 5. The van der Waals surface area contributed by atoms with Gasteiger partial charge in [-0.15, -0.1) is 0 Å². The number of nitriles is 1. The lowest BCUT2D eigenvalue weighted by Gasteiger charge is -2.41. The predicted molar refractivity (Wildman–Crippen MR) is 139 cm³/mol. The van der Waals surface area contributed by atoms with E-state index in [0.717, 1.165) is 37.5 Å². The number of carbonyl (C=O) groups is 1. The van der Waals surface area contributed by atoms with Gasteiger partial charge in [-0.2, -0.15) is 10.4 Å². The van der Waals surface area contributed by atoms with E-state index in [1.54, 1.807) is 23.0 Å². The fraction of sp³-hybridized carbons (Fsp3) is 0.607. The van der Waals surface area contributed by atoms with Gasteiger partial charge in [-0.3, -0.25) is 9.48 Å². The molecule has 36 heavy (non-hydrogen) atoms. The van der Waals surface area contributed by atoms with Crippen LogP contribution < -0.4 is 16.4 Å². The zero-order chi connectivity index (χ0) is 25.7. The molecule has 1 amide bonds. The van der Waals surface area contributed by atoms with Crippen LogP contribution in [0.2, 0.25) is 0 Å². The maximum atomic E-state index is 13.3. The molecule has 0 atom stereocenters. The summed E-state index contributed by atoms with van der Waals surface area (Å²) in [6.07, 6.45) is 12.0. The van der Waals surface area contributed by atoms with Crippen LogP contribution in [-0.2, 0) is 5.54 Å². The van der Waals surface area contributed by atoms with Gasteiger partial charge in [0.15, 0.2) is 5.82 Å². The molecule has 4 N–H and O–H groups in total. The van der Waals surface area contributed by atoms with Crippen molar-refractivity contribution in [3.05, 3.63) is 41.8 Å². The van der Waals surface area contributed by atoms with Crippen molar-refractivity contribution in [2.24, 2.45) is 17.6 Å². The highest BCUT2D eigenvalue weighted by Crippen LogP contribution is 2.39. The fourth-order valence-corrected chi connectivity index (χ4v) is 6.08. The largest absolute Gasteiger partial charge is 0.365 e. The molecular formula is C28H39FN6O. The number of aromatic nitrogens is 2. The fourth-order valence-electron chi connectivity index (χ4n) is 6.08. The Hall–Kier alpha value is -2.92. The second-order valence-corrected chi connectivity index (χ2v) is 11.2. The highest BCUT2D eigenvalue weighted by Gasteiger charge is 2.39. The molecule has 2 fully saturated rings. The van der Waals surface area contributed by atoms with E-state index in [0.29, 0.717) is 30.0 Å². The molecule has 194 valence electrons. The van der Waals surface area contributed by atoms with E-state index >= 15 is 0 Å². The number of anilines is 2. The summed E-state index contributed by atoms with van der Waals surface area (Å²) in [5.41, 5.74) is 6.04. The quantitative estimate of drug-likeness (QED) is 0.420. The number of halogens is 1. The normalized spacial score (nSPS) is 26.5. The molecule has 4 rings (SSSR count). The molecular weight excluding hydrogens is 455 g/mol. The van der Waals surface area contributed by atoms with E-state index in [2.05, 4.69) is 35.6 Å². The molecule has 7 nitrogen and oxygen atoms in total. The van der Waals surface area contributed by atoms with Crippen molar-refractivity contribution >= 4 is 17.4 Å². The van der Waals surface area contributed by atoms with Gasteiger partial charge in [0.2, 0.25) is 0 Å². The summed E-state index contributed by atoms with van der Waals surface area (Å²) in [6, 6.07) is 9.21. The van der Waals surface area contributed by atoms with Gasteiger partial charge in [-0.1, -0.05) is 13.8 Å². The van der Waals surface area contributed by atoms with Crippen LogP contribution in [0.3, 0.4) is 0 Å². The maximum Gasteiger partial charge on any atom is 0.254 e. The topological polar surface area (TPSA) is 109 Å². The number of primary amides is 1. The molecule has 0 bridgehead atoms. The van der Waals surface area contributed by atoms with E-state index in [9.17, 15) is 14.4 Å². The Labute approximate surface area is 213 Å². The Morgan fingerprint density at radius 1 is 1.17 bits per heavy atom. The summed E-state index contributed by atoms with van der Waals surface area (Å²) in [5, 5.41) is 21.3. The minimum absolute atomic E-state index is 0.259. The average Bonchev–Trinajstić information content (AvgIpc) is 3.28. The van der Waals surface area contributed by atoms with E-state index in [1.165, 1.54) is 44.2 Å². The van der Waals surface area contributed by atoms with Crippen LogP contribution in [0.5, 0.6) is 0 Å². The Bertz CT molecular complexity index is 1060. The number of nitrogens with one attached hydrogen (secondary N) is 2. The standard InChI is InChI=1S/C28H39FN6O/c1-19(2)17-20-3-7-22(8-4-20)32-24-11-13-28(14-12-24,15-16-30)35-18-25(26(31)36)27(34-35)33-23-9-5-21(29)6-10-23/h5-6,9-10,18-20,22,24,32H,3-4,7-8,11-15,17H2,1-2H3,(H2,31,36)(H,33,34). The van der Waals surface area contributed by atoms with Crippen molar-refractivity contribution in [2.45, 2.75) is 95.7 Å². The number of nitrogens with two attached hydrogens (primary N) is 1. The van der Waals surface area contributed by atoms with Crippen molar-refractivity contribution in [3.63, 3.8) is 0 Å². The van der Waals surface area contributed by atoms with E-state index in [1.807, 2.05) is 0 Å². The van der Waals surface area contributed by atoms with E-state index in [-0.39, 0.29) is 11.4 Å². The molecule has 2 saturated carbocycles. The molecule has 0 radical (unpaired) electrons. The first-order valence-electron chi connectivity index (χ1n) is 13.3. The smallest absolute Gasteiger partial charge is 0.254 e. The number of carbonyl (C=O) groups excluding carboxylic acids is 1. The van der Waals surface area contributed by atoms with Gasteiger partial charge in [-0.25, -0.2) is 4.39 Å². The van der Waals surface area contributed by atoms with Crippen molar-refractivity contribution in [3.8, 4) is 6.07 Å². The zero-order valence-corrected chi connectivity index (χ0v) is 21.5. The van der Waals surface area contributed by atoms with Gasteiger partial charge < -0.3 is 16.4 Å². The Balaban J connectivity index is 1.42. The van der Waals surface area contributed by atoms with Gasteiger partial charge in [0.1, 0.15) is 11.4 Å². The summed E-state index contributed by atoms with van der Waals surface area (Å²) in [7, 11) is 0. The van der Waals surface area contributed by atoms with Crippen molar-refractivity contribution in [2.75, 3.05) is 5.32 Å². The molecule has 1 heterocycles. The predicted octanol–water partition coefficient (Wildman–Crippen LogP) is 5.61. The number of rotatable bonds is 9. The maximum absolute atomic E-state index is 13.3. The molecule has 0 saturated heterocycles. The van der Waals surface area contributed by atoms with E-state index < -0.39 is 11.4 Å². The highest BCUT2D eigenvalue weighted by molar-refractivity contribution is 5.98. The van der Waals surface area contributed by atoms with Crippen LogP contribution in [0.15, 0.2) is 30.5 Å². The third kappa shape index (κ3) is 6.25. The minimum atomic E-state index is -0.596. The van der Waals surface area contributed by atoms with Crippen molar-refractivity contribution in [1.82, 2.24) is 15.1 Å². The summed E-state index contributed by atoms with van der Waals surface area (Å²) >= 11 is 0. The van der Waals surface area contributed by atoms with Gasteiger partial charge >= 0.3 is 0 Å². The number of hydrogen-bond donors (Lipinski definition) is 3. The minimum Gasteiger partial charge on any atom is -0.365 e. The van der Waals surface area contributed by atoms with Gasteiger partial charge in [-0.05, 0) is 93.9 Å². The summed E-state index contributed by atoms with van der Waals surface area (Å²) < 4.78 is 15.1. The summed E-state index contributed by atoms with van der Waals surface area (Å²) in [5.74, 6) is 1.03. The molecule has 0 unspecified atom stereocenters. The lowest BCUT2D eigenvalue weighted by atomic mass is 9.76. The summed E-state index contributed by atoms with van der Waals surface area (Å²) in [6.45, 7) is 4.63. The van der Waals surface area contributed by atoms with Gasteiger partial charge in [0.05, 0.1) is 18.0 Å². The lowest BCUT2D eigenvalue weighted by Crippen LogP contribution is -2.47. The summed E-state index contributed by atoms with van der Waals surface area (Å²) in [4.78, 5) is 12.2. The molecule has 2 aliphatic carbocycles. The average molecular weight is 495 g/mol. The van der Waals surface area contributed by atoms with Gasteiger partial charge in [0.25, 0.3) is 5.91 Å². The first-order chi connectivity index (χ1) is 17.3. The van der Waals surface area contributed by atoms with Crippen molar-refractivity contribution < 1.29 is 9.18 Å². The third-order valence-electron chi connectivity index (χ3n) is 8.02. The van der Waals surface area contributed by atoms with E-state index in [4.69, 9.17) is 5.73 Å². The van der Waals surface area contributed by atoms with Crippen LogP contribution >= 0.6 is 0 Å². The monoisotopic (exact) mass is 494 g/mol. The molecule has 0 spiro atoms. The molecule has 1 aromatic carbocycles. The number of benzene rings is 1. The van der Waals surface area contributed by atoms with Crippen LogP contribution in [0, 0.1) is 29.0 Å². The third-order valence-corrected chi connectivity index (χ3v) is 8.02. The Morgan fingerprint density at radius 2 is 1.81 bits per heavy atom. The Morgan fingerprint density at radius 3 is 2.39 bits per heavy atom. The molecule has 2 aliphatic rings. The SMILES string of the molecule is CC(C)CC1CCC(NC2CCC(CC#N)(n3cc(C(N)=O)c(Nc4ccc(F)cc4)n3)CC2)CC1. The van der Waals surface area contributed by atoms with Crippen LogP contribution in [0.25, 0.3) is 0 Å². The van der Waals surface area contributed by atoms with Crippen LogP contribution in [0.1, 0.15) is 88.4 Å². The number of nitrogens with zero attached hydrogens (tertiary/aromatic N) is 3. The molecule has 0 aliphatic heterocycles. The van der Waals surface area contributed by atoms with Crippen LogP contribution in [-0.4, -0.2) is 27.8 Å². The Kier molecular flexibility index (Phi) is 8.30. The second kappa shape index (κ2) is 11.4. The van der Waals surface area contributed by atoms with Crippen LogP contribution in [0.4, 0.5) is 15.9 Å². The van der Waals surface area contributed by atoms with Crippen molar-refractivity contribution in [1.29, 1.82) is 5.26 Å².